The van der Waals surface area contributed by atoms with Crippen LogP contribution in [0.2, 0.25) is 0 Å². The molecule has 3 unspecified atom stereocenters. The number of aryl methyl sites for hydroxylation is 1. The van der Waals surface area contributed by atoms with E-state index in [4.69, 9.17) is 16.1 Å². The number of terminal acetylenes is 1. The van der Waals surface area contributed by atoms with Gasteiger partial charge in [0.05, 0.1) is 29.0 Å². The van der Waals surface area contributed by atoms with Crippen LogP contribution in [0.1, 0.15) is 44.1 Å². The molecule has 16 heteroatoms. The average molecular weight is 780 g/mol. The topological polar surface area (TPSA) is 103 Å². The number of aromatic nitrogens is 4. The molecule has 4 fully saturated rings. The molecule has 5 atom stereocenters. The van der Waals surface area contributed by atoms with E-state index in [9.17, 15) is 27.8 Å². The largest absolute Gasteiger partial charge is 0.508 e. The normalized spacial score (nSPS) is 24.8. The van der Waals surface area contributed by atoms with E-state index in [2.05, 4.69) is 20.9 Å². The van der Waals surface area contributed by atoms with E-state index in [1.54, 1.807) is 13.2 Å². The molecule has 10 nitrogen and oxygen atoms in total. The molecule has 9 rings (SSSR count). The summed E-state index contributed by atoms with van der Waals surface area (Å²) in [6.07, 6.45) is 2.29. The quantitative estimate of drug-likeness (QED) is 0.140. The zero-order valence-electron chi connectivity index (χ0n) is 30.5. The van der Waals surface area contributed by atoms with Crippen molar-refractivity contribution >= 4 is 38.4 Å². The first kappa shape index (κ1) is 36.8. The number of aliphatic hydroxyl groups excluding tert-OH is 1. The zero-order valence-corrected chi connectivity index (χ0v) is 30.5. The lowest BCUT2D eigenvalue weighted by molar-refractivity contribution is -0.156. The molecule has 0 radical (unpaired) electrons. The molecule has 5 aromatic rings. The van der Waals surface area contributed by atoms with Crippen molar-refractivity contribution in [3.05, 3.63) is 47.7 Å². The lowest BCUT2D eigenvalue weighted by Crippen LogP contribution is -2.56. The molecule has 0 aliphatic carbocycles. The number of fused-ring (bicyclic) bond motifs is 7. The molecule has 0 amide bonds. The molecule has 294 valence electrons. The van der Waals surface area contributed by atoms with Crippen molar-refractivity contribution in [3.63, 3.8) is 0 Å². The van der Waals surface area contributed by atoms with Crippen LogP contribution in [-0.4, -0.2) is 115 Å². The predicted molar refractivity (Wildman–Crippen MR) is 197 cm³/mol. The lowest BCUT2D eigenvalue weighted by atomic mass is 9.91. The summed E-state index contributed by atoms with van der Waals surface area (Å²) < 4.78 is 94.8. The highest BCUT2D eigenvalue weighted by atomic mass is 19.4. The molecule has 2 bridgehead atoms. The fourth-order valence-corrected chi connectivity index (χ4v) is 9.90. The van der Waals surface area contributed by atoms with Crippen molar-refractivity contribution < 1.29 is 41.3 Å². The van der Waals surface area contributed by atoms with Gasteiger partial charge in [-0.3, -0.25) is 14.5 Å². The van der Waals surface area contributed by atoms with Crippen LogP contribution in [-0.2, 0) is 7.05 Å². The number of hydrogen-bond donors (Lipinski definition) is 2. The summed E-state index contributed by atoms with van der Waals surface area (Å²) in [5, 5.41) is 27.2. The number of rotatable bonds is 8. The maximum Gasteiger partial charge on any atom is 0.391 e. The minimum Gasteiger partial charge on any atom is -0.508 e. The number of alkyl halides is 4. The van der Waals surface area contributed by atoms with Crippen molar-refractivity contribution in [2.45, 2.75) is 74.6 Å². The Kier molecular flexibility index (Phi) is 8.79. The van der Waals surface area contributed by atoms with Crippen LogP contribution in [0.5, 0.6) is 11.8 Å². The minimum absolute atomic E-state index is 0.0695. The number of phenolic OH excluding ortho intramolecular Hbond substituents is 1. The van der Waals surface area contributed by atoms with Crippen molar-refractivity contribution in [2.24, 2.45) is 7.05 Å². The standard InChI is InChI=1S/C40H39F6N7O3/c1-3-27-30(42)8-5-21-11-25(54)12-28(31(21)27)32-34(43)36-33(29-19-50(2)49-35(29)32)37(48-38(47-36)56-20-39-9-4-10-52(39)15-22(41)13-39)51-16-23-6-7-24(17-51)53(23)18-26(55)14-40(44,45)46/h1,5,8,11-12,19,22-24,26,54-55H,4,6-7,9-10,13-18,20H2,2H3/t22-,23?,24?,26?,39+/m1/s1. The highest BCUT2D eigenvalue weighted by Crippen LogP contribution is 2.46. The number of aliphatic hydroxyl groups is 1. The van der Waals surface area contributed by atoms with Crippen LogP contribution < -0.4 is 9.64 Å². The van der Waals surface area contributed by atoms with Crippen LogP contribution in [0.3, 0.4) is 0 Å². The molecule has 4 aliphatic rings. The second kappa shape index (κ2) is 13.4. The fourth-order valence-electron chi connectivity index (χ4n) is 9.90. The van der Waals surface area contributed by atoms with Crippen molar-refractivity contribution in [3.8, 4) is 35.2 Å². The first-order chi connectivity index (χ1) is 26.7. The molecule has 2 N–H and O–H groups in total. The van der Waals surface area contributed by atoms with Gasteiger partial charge >= 0.3 is 12.2 Å². The molecule has 56 heavy (non-hydrogen) atoms. The molecular formula is C40H39F6N7O3. The monoisotopic (exact) mass is 779 g/mol. The number of phenols is 1. The smallest absolute Gasteiger partial charge is 0.391 e. The summed E-state index contributed by atoms with van der Waals surface area (Å²) in [5.41, 5.74) is -0.624. The average Bonchev–Trinajstić information content (AvgIpc) is 3.84. The molecule has 0 saturated carbocycles. The molecular weight excluding hydrogens is 740 g/mol. The molecule has 4 saturated heterocycles. The van der Waals surface area contributed by atoms with Crippen LogP contribution >= 0.6 is 0 Å². The summed E-state index contributed by atoms with van der Waals surface area (Å²) in [7, 11) is 1.66. The van der Waals surface area contributed by atoms with Gasteiger partial charge in [-0.2, -0.15) is 28.2 Å². The maximum absolute atomic E-state index is 17.7. The van der Waals surface area contributed by atoms with Gasteiger partial charge in [-0.15, -0.1) is 6.42 Å². The maximum atomic E-state index is 17.7. The van der Waals surface area contributed by atoms with Crippen LogP contribution in [0.25, 0.3) is 43.7 Å². The summed E-state index contributed by atoms with van der Waals surface area (Å²) in [6, 6.07) is 4.76. The van der Waals surface area contributed by atoms with Crippen LogP contribution in [0.4, 0.5) is 32.2 Å². The van der Waals surface area contributed by atoms with E-state index >= 15 is 8.78 Å². The Bertz CT molecular complexity index is 2420. The Labute approximate surface area is 317 Å². The Morgan fingerprint density at radius 2 is 1.84 bits per heavy atom. The van der Waals surface area contributed by atoms with Gasteiger partial charge in [-0.25, -0.2) is 13.2 Å². The molecule has 3 aromatic carbocycles. The van der Waals surface area contributed by atoms with Gasteiger partial charge < -0.3 is 19.8 Å². The second-order valence-corrected chi connectivity index (χ2v) is 15.8. The third-order valence-electron chi connectivity index (χ3n) is 12.1. The highest BCUT2D eigenvalue weighted by Gasteiger charge is 2.50. The third-order valence-corrected chi connectivity index (χ3v) is 12.1. The van der Waals surface area contributed by atoms with E-state index in [1.165, 1.54) is 28.9 Å². The first-order valence-electron chi connectivity index (χ1n) is 18.8. The second-order valence-electron chi connectivity index (χ2n) is 15.8. The van der Waals surface area contributed by atoms with Gasteiger partial charge in [-0.1, -0.05) is 12.0 Å². The number of nitrogens with zero attached hydrogens (tertiary/aromatic N) is 7. The number of anilines is 1. The third kappa shape index (κ3) is 6.15. The Morgan fingerprint density at radius 1 is 1.07 bits per heavy atom. The highest BCUT2D eigenvalue weighted by molar-refractivity contribution is 6.18. The van der Waals surface area contributed by atoms with Crippen LogP contribution in [0.15, 0.2) is 30.5 Å². The summed E-state index contributed by atoms with van der Waals surface area (Å²) in [5.74, 6) is 0.947. The van der Waals surface area contributed by atoms with Crippen molar-refractivity contribution in [1.82, 2.24) is 29.5 Å². The number of piperazine rings is 1. The van der Waals surface area contributed by atoms with E-state index < -0.39 is 42.0 Å². The molecule has 2 aromatic heterocycles. The summed E-state index contributed by atoms with van der Waals surface area (Å²) in [6.45, 7) is 1.59. The van der Waals surface area contributed by atoms with Crippen LogP contribution in [0, 0.1) is 24.0 Å². The van der Waals surface area contributed by atoms with Gasteiger partial charge in [0.2, 0.25) is 0 Å². The number of halogens is 6. The summed E-state index contributed by atoms with van der Waals surface area (Å²) >= 11 is 0. The zero-order chi connectivity index (χ0) is 39.3. The number of ether oxygens (including phenoxy) is 1. The molecule has 6 heterocycles. The Hall–Kier alpha value is -4.85. The van der Waals surface area contributed by atoms with E-state index in [0.29, 0.717) is 60.9 Å². The lowest BCUT2D eigenvalue weighted by Gasteiger charge is -2.42. The fraction of sp³-hybridized carbons (Fsp3) is 0.475. The Balaban J connectivity index is 1.21. The van der Waals surface area contributed by atoms with Gasteiger partial charge in [0.1, 0.15) is 41.2 Å². The summed E-state index contributed by atoms with van der Waals surface area (Å²) in [4.78, 5) is 15.5. The van der Waals surface area contributed by atoms with E-state index in [-0.39, 0.29) is 76.5 Å². The Morgan fingerprint density at radius 3 is 2.57 bits per heavy atom. The first-order valence-corrected chi connectivity index (χ1v) is 18.8. The number of hydrogen-bond acceptors (Lipinski definition) is 9. The number of aromatic hydroxyl groups is 1. The molecule has 4 aliphatic heterocycles. The van der Waals surface area contributed by atoms with Crippen molar-refractivity contribution in [2.75, 3.05) is 44.2 Å². The van der Waals surface area contributed by atoms with Crippen molar-refractivity contribution in [1.29, 1.82) is 0 Å². The van der Waals surface area contributed by atoms with E-state index in [0.717, 1.165) is 13.0 Å². The number of benzene rings is 3. The van der Waals surface area contributed by atoms with Gasteiger partial charge in [-0.05, 0) is 61.4 Å². The minimum atomic E-state index is -4.51. The van der Waals surface area contributed by atoms with Gasteiger partial charge in [0, 0.05) is 74.3 Å². The molecule has 0 spiro atoms. The van der Waals surface area contributed by atoms with Gasteiger partial charge in [0.25, 0.3) is 0 Å². The predicted octanol–water partition coefficient (Wildman–Crippen LogP) is 6.22. The van der Waals surface area contributed by atoms with Gasteiger partial charge in [0.15, 0.2) is 5.82 Å². The van der Waals surface area contributed by atoms with E-state index in [1.807, 2.05) is 9.80 Å². The SMILES string of the molecule is C#Cc1c(F)ccc2cc(O)cc(-c3c(F)c4nc(OC[C@@]56CCCN5C[C@H](F)C6)nc(N5CC6CCC(C5)N6CC(O)CC(F)(F)F)c4c4cn(C)nc34)c12.